The molecule has 1 fully saturated rings. The Kier molecular flexibility index (Phi) is 3.27. The number of hydrogen-bond acceptors (Lipinski definition) is 2. The van der Waals surface area contributed by atoms with E-state index < -0.39 is 0 Å². The second-order valence-electron chi connectivity index (χ2n) is 3.91. The van der Waals surface area contributed by atoms with Crippen molar-refractivity contribution in [2.45, 2.75) is 31.6 Å². The maximum absolute atomic E-state index is 8.96. The molecule has 1 saturated carbocycles. The van der Waals surface area contributed by atoms with Crippen LogP contribution in [0.4, 0.5) is 0 Å². The molecule has 1 aromatic carbocycles. The van der Waals surface area contributed by atoms with E-state index in [0.717, 1.165) is 35.6 Å². The minimum Gasteiger partial charge on any atom is -0.411 e. The molecule has 2 nitrogen and oxygen atoms in total. The van der Waals surface area contributed by atoms with Gasteiger partial charge in [-0.3, -0.25) is 0 Å². The zero-order chi connectivity index (χ0) is 10.7. The van der Waals surface area contributed by atoms with Crippen molar-refractivity contribution in [3.63, 3.8) is 0 Å². The van der Waals surface area contributed by atoms with Gasteiger partial charge in [0.05, 0.1) is 5.71 Å². The largest absolute Gasteiger partial charge is 0.411 e. The van der Waals surface area contributed by atoms with Crippen LogP contribution in [0, 0.1) is 0 Å². The lowest BCUT2D eigenvalue weighted by molar-refractivity contribution is 0.312. The number of nitrogens with zero attached hydrogens (tertiary/aromatic N) is 1. The van der Waals surface area contributed by atoms with Crippen molar-refractivity contribution >= 4 is 17.3 Å². The van der Waals surface area contributed by atoms with E-state index in [2.05, 4.69) is 5.16 Å². The first kappa shape index (κ1) is 10.5. The highest BCUT2D eigenvalue weighted by atomic mass is 35.5. The van der Waals surface area contributed by atoms with Gasteiger partial charge < -0.3 is 5.21 Å². The summed E-state index contributed by atoms with van der Waals surface area (Å²) in [5.74, 6) is 0.206. The zero-order valence-electron chi connectivity index (χ0n) is 8.49. The van der Waals surface area contributed by atoms with Crippen molar-refractivity contribution in [1.29, 1.82) is 0 Å². The molecule has 0 radical (unpaired) electrons. The van der Waals surface area contributed by atoms with Gasteiger partial charge in [0.2, 0.25) is 0 Å². The highest BCUT2D eigenvalue weighted by Gasteiger charge is 2.24. The van der Waals surface area contributed by atoms with E-state index in [1.807, 2.05) is 24.3 Å². The van der Waals surface area contributed by atoms with Gasteiger partial charge in [-0.1, -0.05) is 41.4 Å². The lowest BCUT2D eigenvalue weighted by Crippen LogP contribution is -2.17. The summed E-state index contributed by atoms with van der Waals surface area (Å²) >= 11 is 6.14. The fourth-order valence-electron chi connectivity index (χ4n) is 2.21. The molecule has 0 unspecified atom stereocenters. The molecule has 0 amide bonds. The third kappa shape index (κ3) is 2.15. The molecule has 1 aliphatic carbocycles. The topological polar surface area (TPSA) is 32.6 Å². The summed E-state index contributed by atoms with van der Waals surface area (Å²) in [5, 5.41) is 13.1. The molecule has 1 atom stereocenters. The summed E-state index contributed by atoms with van der Waals surface area (Å²) < 4.78 is 0. The van der Waals surface area contributed by atoms with E-state index >= 15 is 0 Å². The molecule has 0 aromatic heterocycles. The Morgan fingerprint density at radius 2 is 2.07 bits per heavy atom. The van der Waals surface area contributed by atoms with Gasteiger partial charge in [0.15, 0.2) is 0 Å². The van der Waals surface area contributed by atoms with E-state index in [9.17, 15) is 0 Å². The van der Waals surface area contributed by atoms with E-state index in [1.165, 1.54) is 6.42 Å². The van der Waals surface area contributed by atoms with Crippen LogP contribution in [0.5, 0.6) is 0 Å². The first-order valence-corrected chi connectivity index (χ1v) is 5.66. The summed E-state index contributed by atoms with van der Waals surface area (Å²) in [6, 6.07) is 7.80. The van der Waals surface area contributed by atoms with Crippen LogP contribution in [-0.4, -0.2) is 10.9 Å². The molecule has 1 N–H and O–H groups in total. The van der Waals surface area contributed by atoms with E-state index in [-0.39, 0.29) is 5.92 Å². The second-order valence-corrected chi connectivity index (χ2v) is 4.32. The van der Waals surface area contributed by atoms with Crippen LogP contribution in [0.2, 0.25) is 5.02 Å². The fourth-order valence-corrected chi connectivity index (χ4v) is 2.48. The number of benzene rings is 1. The van der Waals surface area contributed by atoms with E-state index in [1.54, 1.807) is 0 Å². The number of halogens is 1. The Morgan fingerprint density at radius 1 is 1.27 bits per heavy atom. The smallest absolute Gasteiger partial charge is 0.0645 e. The van der Waals surface area contributed by atoms with Gasteiger partial charge in [-0.25, -0.2) is 0 Å². The van der Waals surface area contributed by atoms with Gasteiger partial charge in [0, 0.05) is 10.9 Å². The van der Waals surface area contributed by atoms with Crippen LogP contribution >= 0.6 is 11.6 Å². The Labute approximate surface area is 94.6 Å². The van der Waals surface area contributed by atoms with Crippen molar-refractivity contribution < 1.29 is 5.21 Å². The van der Waals surface area contributed by atoms with Crippen LogP contribution in [0.1, 0.15) is 37.2 Å². The maximum Gasteiger partial charge on any atom is 0.0645 e. The van der Waals surface area contributed by atoms with Gasteiger partial charge in [0.25, 0.3) is 0 Å². The standard InChI is InChI=1S/C12H14ClNO/c13-11-7-3-1-5-9(11)10-6-2-4-8-12(10)14-15/h1,3,5,7,10,15H,2,4,6,8H2/b14-12-/t10-/m0/s1. The molecule has 2 rings (SSSR count). The molecule has 80 valence electrons. The molecule has 15 heavy (non-hydrogen) atoms. The molecule has 0 spiro atoms. The van der Waals surface area contributed by atoms with Crippen LogP contribution in [-0.2, 0) is 0 Å². The molecular formula is C12H14ClNO. The first-order valence-electron chi connectivity index (χ1n) is 5.28. The Hall–Kier alpha value is -1.02. The van der Waals surface area contributed by atoms with Gasteiger partial charge >= 0.3 is 0 Å². The van der Waals surface area contributed by atoms with Gasteiger partial charge in [-0.2, -0.15) is 0 Å². The highest BCUT2D eigenvalue weighted by Crippen LogP contribution is 2.34. The van der Waals surface area contributed by atoms with Crippen molar-refractivity contribution in [3.05, 3.63) is 34.9 Å². The summed E-state index contributed by atoms with van der Waals surface area (Å²) in [7, 11) is 0. The van der Waals surface area contributed by atoms with Crippen molar-refractivity contribution in [2.24, 2.45) is 5.16 Å². The molecule has 0 bridgehead atoms. The average Bonchev–Trinajstić information content (AvgIpc) is 2.30. The summed E-state index contributed by atoms with van der Waals surface area (Å²) in [4.78, 5) is 0. The number of oxime groups is 1. The van der Waals surface area contributed by atoms with Crippen LogP contribution in [0.25, 0.3) is 0 Å². The van der Waals surface area contributed by atoms with Crippen LogP contribution in [0.15, 0.2) is 29.4 Å². The molecule has 3 heteroatoms. The van der Waals surface area contributed by atoms with Gasteiger partial charge in [0.1, 0.15) is 0 Å². The summed E-state index contributed by atoms with van der Waals surface area (Å²) in [6.45, 7) is 0. The maximum atomic E-state index is 8.96. The monoisotopic (exact) mass is 223 g/mol. The van der Waals surface area contributed by atoms with Crippen molar-refractivity contribution in [2.75, 3.05) is 0 Å². The molecular weight excluding hydrogens is 210 g/mol. The van der Waals surface area contributed by atoms with Gasteiger partial charge in [-0.15, -0.1) is 0 Å². The van der Waals surface area contributed by atoms with Crippen molar-refractivity contribution in [1.82, 2.24) is 0 Å². The molecule has 0 heterocycles. The van der Waals surface area contributed by atoms with Crippen LogP contribution in [0.3, 0.4) is 0 Å². The number of hydrogen-bond donors (Lipinski definition) is 1. The zero-order valence-corrected chi connectivity index (χ0v) is 9.24. The van der Waals surface area contributed by atoms with E-state index in [4.69, 9.17) is 16.8 Å². The fraction of sp³-hybridized carbons (Fsp3) is 0.417. The SMILES string of the molecule is O/N=C1/CCCC[C@H]1c1ccccc1Cl. The van der Waals surface area contributed by atoms with Gasteiger partial charge in [-0.05, 0) is 30.9 Å². The average molecular weight is 224 g/mol. The normalized spacial score (nSPS) is 24.3. The lowest BCUT2D eigenvalue weighted by atomic mass is 9.82. The lowest BCUT2D eigenvalue weighted by Gasteiger charge is -2.23. The van der Waals surface area contributed by atoms with Crippen molar-refractivity contribution in [3.8, 4) is 0 Å². The molecule has 1 aliphatic rings. The Bertz CT molecular complexity index is 376. The Balaban J connectivity index is 2.33. The quantitative estimate of drug-likeness (QED) is 0.570. The predicted molar refractivity (Wildman–Crippen MR) is 61.9 cm³/mol. The van der Waals surface area contributed by atoms with E-state index in [0.29, 0.717) is 0 Å². The third-order valence-corrected chi connectivity index (χ3v) is 3.33. The van der Waals surface area contributed by atoms with Crippen LogP contribution < -0.4 is 0 Å². The predicted octanol–water partition coefficient (Wildman–Crippen LogP) is 3.83. The highest BCUT2D eigenvalue weighted by molar-refractivity contribution is 6.31. The Morgan fingerprint density at radius 3 is 2.80 bits per heavy atom. The first-order chi connectivity index (χ1) is 7.33. The molecule has 0 saturated heterocycles. The summed E-state index contributed by atoms with van der Waals surface area (Å²) in [5.41, 5.74) is 1.96. The summed E-state index contributed by atoms with van der Waals surface area (Å²) in [6.07, 6.45) is 4.20. The minimum atomic E-state index is 0.206. The molecule has 1 aromatic rings. The number of rotatable bonds is 1. The molecule has 0 aliphatic heterocycles. The minimum absolute atomic E-state index is 0.206. The second kappa shape index (κ2) is 4.67. The third-order valence-electron chi connectivity index (χ3n) is 2.99.